The van der Waals surface area contributed by atoms with Gasteiger partial charge in [-0.15, -0.1) is 0 Å². The van der Waals surface area contributed by atoms with E-state index in [0.29, 0.717) is 6.54 Å². The number of aromatic amines is 2. The highest BCUT2D eigenvalue weighted by molar-refractivity contribution is 5.92. The maximum absolute atomic E-state index is 14.7. The number of benzene rings is 3. The molecule has 0 saturated carbocycles. The van der Waals surface area contributed by atoms with Crippen LogP contribution in [0.4, 0.5) is 0 Å². The molecule has 6 aromatic rings. The summed E-state index contributed by atoms with van der Waals surface area (Å²) in [6.07, 6.45) is 13.8. The number of imidazole rings is 1. The van der Waals surface area contributed by atoms with Gasteiger partial charge in [0.2, 0.25) is 12.1 Å². The highest BCUT2D eigenvalue weighted by Gasteiger charge is 2.40. The summed E-state index contributed by atoms with van der Waals surface area (Å²) in [5.74, 6) is 2.18. The molecule has 1 amide bonds. The first-order valence-corrected chi connectivity index (χ1v) is 21.9. The Morgan fingerprint density at radius 2 is 1.71 bits per heavy atom. The molecule has 3 aromatic heterocycles. The van der Waals surface area contributed by atoms with Gasteiger partial charge in [0.1, 0.15) is 17.6 Å². The van der Waals surface area contributed by atoms with Crippen molar-refractivity contribution in [2.75, 3.05) is 26.2 Å². The zero-order chi connectivity index (χ0) is 39.9. The van der Waals surface area contributed by atoms with E-state index in [9.17, 15) is 4.79 Å². The average Bonchev–Trinajstić information content (AvgIpc) is 4.14. The maximum atomic E-state index is 14.7. The Morgan fingerprint density at radius 3 is 2.51 bits per heavy atom. The van der Waals surface area contributed by atoms with Crippen LogP contribution in [-0.2, 0) is 22.4 Å². The van der Waals surface area contributed by atoms with Crippen LogP contribution in [0.2, 0.25) is 0 Å². The van der Waals surface area contributed by atoms with Gasteiger partial charge in [0.25, 0.3) is 0 Å². The minimum Gasteiger partial charge on any atom is -0.466 e. The van der Waals surface area contributed by atoms with E-state index in [4.69, 9.17) is 10.5 Å². The fourth-order valence-electron chi connectivity index (χ4n) is 10.2. The SMILES string of the molecule is CCc1cc(C2=CC3=C(CC2)c2cc4cc(-c5cnc(CCCCN)[nH]5)ccc4n2C(c2ccccc2)O3)[nH]c1C1CCCN1C(=O)C(c1ccccc1)N1CCCC1. The first kappa shape index (κ1) is 37.6. The zero-order valence-corrected chi connectivity index (χ0v) is 34.1. The van der Waals surface area contributed by atoms with Crippen molar-refractivity contribution < 1.29 is 9.53 Å². The lowest BCUT2D eigenvalue weighted by Gasteiger charge is -2.34. The van der Waals surface area contributed by atoms with E-state index in [2.05, 4.69) is 127 Å². The molecule has 4 N–H and O–H groups in total. The van der Waals surface area contributed by atoms with Crippen molar-refractivity contribution in [1.29, 1.82) is 0 Å². The number of unbranched alkanes of at least 4 members (excludes halogenated alkanes) is 1. The number of aryl methyl sites for hydroxylation is 2. The van der Waals surface area contributed by atoms with Gasteiger partial charge in [-0.3, -0.25) is 9.69 Å². The predicted molar refractivity (Wildman–Crippen MR) is 235 cm³/mol. The Hall–Kier alpha value is -5.64. The molecular formula is C50H55N7O2. The summed E-state index contributed by atoms with van der Waals surface area (Å²) >= 11 is 0. The van der Waals surface area contributed by atoms with Crippen LogP contribution >= 0.6 is 0 Å². The van der Waals surface area contributed by atoms with Crippen LogP contribution < -0.4 is 5.73 Å². The van der Waals surface area contributed by atoms with E-state index in [1.807, 2.05) is 12.3 Å². The van der Waals surface area contributed by atoms with Crippen LogP contribution in [0.1, 0.15) is 116 Å². The van der Waals surface area contributed by atoms with E-state index in [-0.39, 0.29) is 24.2 Å². The molecule has 4 aliphatic rings. The van der Waals surface area contributed by atoms with Gasteiger partial charge in [-0.1, -0.05) is 73.7 Å². The van der Waals surface area contributed by atoms with Crippen LogP contribution in [0.5, 0.6) is 0 Å². The van der Waals surface area contributed by atoms with Crippen molar-refractivity contribution in [3.8, 4) is 11.3 Å². The summed E-state index contributed by atoms with van der Waals surface area (Å²) in [6.45, 7) is 5.67. The maximum Gasteiger partial charge on any atom is 0.245 e. The number of amides is 1. The van der Waals surface area contributed by atoms with Crippen molar-refractivity contribution in [2.45, 2.75) is 89.4 Å². The van der Waals surface area contributed by atoms with Crippen LogP contribution in [0, 0.1) is 0 Å². The number of carbonyl (C=O) groups excluding carboxylic acids is 1. The van der Waals surface area contributed by atoms with E-state index in [0.717, 1.165) is 129 Å². The molecule has 3 aliphatic heterocycles. The third kappa shape index (κ3) is 7.04. The van der Waals surface area contributed by atoms with Crippen molar-refractivity contribution in [3.05, 3.63) is 149 Å². The second-order valence-corrected chi connectivity index (χ2v) is 16.8. The van der Waals surface area contributed by atoms with Crippen LogP contribution in [0.25, 0.3) is 33.3 Å². The summed E-state index contributed by atoms with van der Waals surface area (Å²) in [5, 5.41) is 1.18. The number of carbonyl (C=O) groups is 1. The van der Waals surface area contributed by atoms with E-state index >= 15 is 0 Å². The number of ether oxygens (including phenoxy) is 1. The molecule has 0 spiro atoms. The van der Waals surface area contributed by atoms with Gasteiger partial charge < -0.3 is 29.9 Å². The number of allylic oxidation sites excluding steroid dienone is 3. The third-order valence-corrected chi connectivity index (χ3v) is 13.1. The van der Waals surface area contributed by atoms with Crippen LogP contribution in [0.3, 0.4) is 0 Å². The molecule has 2 fully saturated rings. The molecule has 9 nitrogen and oxygen atoms in total. The van der Waals surface area contributed by atoms with Gasteiger partial charge >= 0.3 is 0 Å². The number of aromatic nitrogens is 4. The Balaban J connectivity index is 0.978. The monoisotopic (exact) mass is 785 g/mol. The van der Waals surface area contributed by atoms with Gasteiger partial charge in [0.15, 0.2) is 0 Å². The first-order valence-electron chi connectivity index (χ1n) is 21.9. The minimum absolute atomic E-state index is 0.0393. The summed E-state index contributed by atoms with van der Waals surface area (Å²) in [4.78, 5) is 31.4. The zero-order valence-electron chi connectivity index (χ0n) is 34.1. The number of hydrogen-bond donors (Lipinski definition) is 3. The number of fused-ring (bicyclic) bond motifs is 4. The summed E-state index contributed by atoms with van der Waals surface area (Å²) < 4.78 is 9.47. The number of nitrogens with one attached hydrogen (secondary N) is 2. The number of likely N-dealkylation sites (tertiary alicyclic amines) is 2. The summed E-state index contributed by atoms with van der Waals surface area (Å²) in [6, 6.07) is 32.2. The van der Waals surface area contributed by atoms with Crippen LogP contribution in [0.15, 0.2) is 109 Å². The number of hydrogen-bond acceptors (Lipinski definition) is 5. The Labute approximate surface area is 347 Å². The average molecular weight is 786 g/mol. The first-order chi connectivity index (χ1) is 29.1. The minimum atomic E-state index is -0.304. The molecule has 6 heterocycles. The van der Waals surface area contributed by atoms with Gasteiger partial charge in [-0.25, -0.2) is 4.98 Å². The van der Waals surface area contributed by atoms with Crippen molar-refractivity contribution in [3.63, 3.8) is 0 Å². The molecule has 0 radical (unpaired) electrons. The quantitative estimate of drug-likeness (QED) is 0.107. The Kier molecular flexibility index (Phi) is 10.3. The molecule has 3 aromatic carbocycles. The second-order valence-electron chi connectivity index (χ2n) is 16.8. The molecule has 2 saturated heterocycles. The van der Waals surface area contributed by atoms with E-state index in [1.54, 1.807) is 0 Å². The molecule has 9 heteroatoms. The molecule has 59 heavy (non-hydrogen) atoms. The van der Waals surface area contributed by atoms with Gasteiger partial charge in [0.05, 0.1) is 29.1 Å². The van der Waals surface area contributed by atoms with Crippen molar-refractivity contribution >= 4 is 28.0 Å². The molecule has 1 aliphatic carbocycles. The highest BCUT2D eigenvalue weighted by Crippen LogP contribution is 2.47. The lowest BCUT2D eigenvalue weighted by molar-refractivity contribution is -0.138. The van der Waals surface area contributed by atoms with Gasteiger partial charge in [0, 0.05) is 46.4 Å². The molecule has 3 unspecified atom stereocenters. The highest BCUT2D eigenvalue weighted by atomic mass is 16.5. The number of rotatable bonds is 12. The molecular weight excluding hydrogens is 731 g/mol. The number of H-pyrrole nitrogens is 2. The van der Waals surface area contributed by atoms with E-state index in [1.165, 1.54) is 33.5 Å². The normalized spacial score (nSPS) is 19.8. The van der Waals surface area contributed by atoms with Crippen LogP contribution in [-0.4, -0.2) is 61.4 Å². The van der Waals surface area contributed by atoms with Crippen molar-refractivity contribution in [2.24, 2.45) is 5.73 Å². The molecule has 0 bridgehead atoms. The Morgan fingerprint density at radius 1 is 0.898 bits per heavy atom. The predicted octanol–water partition coefficient (Wildman–Crippen LogP) is 9.87. The summed E-state index contributed by atoms with van der Waals surface area (Å²) in [5.41, 5.74) is 18.6. The fraction of sp³-hybridized carbons (Fsp3) is 0.360. The molecule has 10 rings (SSSR count). The smallest absolute Gasteiger partial charge is 0.245 e. The second kappa shape index (κ2) is 16.2. The van der Waals surface area contributed by atoms with Gasteiger partial charge in [-0.2, -0.15) is 0 Å². The molecule has 3 atom stereocenters. The van der Waals surface area contributed by atoms with E-state index < -0.39 is 0 Å². The Bertz CT molecular complexity index is 2520. The fourth-order valence-corrected chi connectivity index (χ4v) is 10.2. The summed E-state index contributed by atoms with van der Waals surface area (Å²) in [7, 11) is 0. The van der Waals surface area contributed by atoms with Gasteiger partial charge in [-0.05, 0) is 124 Å². The van der Waals surface area contributed by atoms with Crippen molar-refractivity contribution in [1.82, 2.24) is 29.3 Å². The standard InChI is InChI=1S/C50H55N7O2/c1-2-33-29-40(54-47(33)43-18-13-27-56(43)49(58)48(55-25-11-12-26-55)34-14-5-3-6-15-34)37-20-22-39-44-30-38-28-36(41-32-52-46(53-41)19-9-10-24-51)21-23-42(38)57(44)50(59-45(39)31-37)35-16-7-4-8-17-35/h3-8,14-17,21,23,28-32,43,48,50,54H,2,9-13,18-20,22,24-27,51H2,1H3,(H,52,53). The topological polar surface area (TPSA) is 108 Å². The third-order valence-electron chi connectivity index (χ3n) is 13.1. The number of nitrogens with zero attached hydrogens (tertiary/aromatic N) is 4. The largest absolute Gasteiger partial charge is 0.466 e. The number of nitrogens with two attached hydrogens (primary N) is 1. The lowest BCUT2D eigenvalue weighted by atomic mass is 9.92. The lowest BCUT2D eigenvalue weighted by Crippen LogP contribution is -2.42. The molecule has 302 valence electrons.